The van der Waals surface area contributed by atoms with Crippen LogP contribution in [-0.4, -0.2) is 25.7 Å². The fraction of sp³-hybridized carbons (Fsp3) is 0.562. The van der Waals surface area contributed by atoms with Gasteiger partial charge in [0.2, 0.25) is 0 Å². The number of carbonyl (C=O) groups is 1. The van der Waals surface area contributed by atoms with Crippen LogP contribution in [0.15, 0.2) is 18.2 Å². The Hall–Kier alpha value is -1.77. The molecular formula is C16H17F6NO2. The summed E-state index contributed by atoms with van der Waals surface area (Å²) in [5.74, 6) is -0.403. The van der Waals surface area contributed by atoms with E-state index in [2.05, 4.69) is 5.32 Å². The topological polar surface area (TPSA) is 38.3 Å². The molecule has 0 unspecified atom stereocenters. The molecule has 2 rings (SSSR count). The quantitative estimate of drug-likeness (QED) is 0.576. The monoisotopic (exact) mass is 369 g/mol. The molecule has 1 amide bonds. The number of benzene rings is 1. The minimum absolute atomic E-state index is 0.0114. The third kappa shape index (κ3) is 6.22. The van der Waals surface area contributed by atoms with Gasteiger partial charge in [-0.05, 0) is 43.4 Å². The van der Waals surface area contributed by atoms with Crippen molar-refractivity contribution in [1.82, 2.24) is 5.32 Å². The normalized spacial score (nSPS) is 15.3. The van der Waals surface area contributed by atoms with Crippen molar-refractivity contribution in [3.63, 3.8) is 0 Å². The lowest BCUT2D eigenvalue weighted by atomic mass is 10.0. The lowest BCUT2D eigenvalue weighted by Gasteiger charge is -2.14. The van der Waals surface area contributed by atoms with Gasteiger partial charge in [-0.15, -0.1) is 0 Å². The average molecular weight is 369 g/mol. The summed E-state index contributed by atoms with van der Waals surface area (Å²) in [6.07, 6.45) is -7.27. The van der Waals surface area contributed by atoms with E-state index in [9.17, 15) is 31.1 Å². The van der Waals surface area contributed by atoms with E-state index in [1.165, 1.54) is 0 Å². The number of nitrogens with one attached hydrogen (secondary N) is 1. The van der Waals surface area contributed by atoms with Crippen molar-refractivity contribution < 1.29 is 35.9 Å². The van der Waals surface area contributed by atoms with Crippen molar-refractivity contribution in [3.8, 4) is 0 Å². The number of halogens is 6. The highest BCUT2D eigenvalue weighted by Crippen LogP contribution is 2.36. The van der Waals surface area contributed by atoms with Crippen molar-refractivity contribution in [2.24, 2.45) is 5.92 Å². The molecule has 1 fully saturated rings. The first kappa shape index (κ1) is 19.6. The molecule has 3 nitrogen and oxygen atoms in total. The van der Waals surface area contributed by atoms with Crippen LogP contribution in [0.2, 0.25) is 0 Å². The number of hydrogen-bond donors (Lipinski definition) is 1. The summed E-state index contributed by atoms with van der Waals surface area (Å²) in [6.45, 7) is 1.10. The maximum Gasteiger partial charge on any atom is 0.416 e. The van der Waals surface area contributed by atoms with E-state index in [-0.39, 0.29) is 12.6 Å². The van der Waals surface area contributed by atoms with E-state index in [1.54, 1.807) is 0 Å². The first-order chi connectivity index (χ1) is 11.6. The van der Waals surface area contributed by atoms with Gasteiger partial charge < -0.3 is 10.1 Å². The smallest absolute Gasteiger partial charge is 0.381 e. The minimum atomic E-state index is -4.98. The lowest BCUT2D eigenvalue weighted by molar-refractivity contribution is -0.143. The van der Waals surface area contributed by atoms with Crippen LogP contribution in [0.3, 0.4) is 0 Å². The molecule has 9 heteroatoms. The van der Waals surface area contributed by atoms with Gasteiger partial charge in [-0.2, -0.15) is 26.3 Å². The van der Waals surface area contributed by atoms with Crippen molar-refractivity contribution >= 4 is 5.91 Å². The molecule has 0 aromatic heterocycles. The Morgan fingerprint density at radius 1 is 1.04 bits per heavy atom. The maximum atomic E-state index is 12.7. The molecule has 1 aliphatic carbocycles. The predicted octanol–water partition coefficient (Wildman–Crippen LogP) is 4.27. The average Bonchev–Trinajstić information content (AvgIpc) is 3.32. The SMILES string of the molecule is O=C(NCCCOCC1CC1)c1cc(C(F)(F)F)cc(C(F)(F)F)c1. The van der Waals surface area contributed by atoms with Crippen LogP contribution in [0.1, 0.15) is 40.7 Å². The van der Waals surface area contributed by atoms with Gasteiger partial charge in [0.25, 0.3) is 5.91 Å². The highest BCUT2D eigenvalue weighted by atomic mass is 19.4. The number of alkyl halides is 6. The van der Waals surface area contributed by atoms with Gasteiger partial charge in [0.05, 0.1) is 11.1 Å². The molecule has 0 atom stereocenters. The van der Waals surface area contributed by atoms with Crippen LogP contribution in [0.5, 0.6) is 0 Å². The molecule has 0 heterocycles. The van der Waals surface area contributed by atoms with E-state index in [0.717, 1.165) is 12.8 Å². The minimum Gasteiger partial charge on any atom is -0.381 e. The Morgan fingerprint density at radius 2 is 1.60 bits per heavy atom. The van der Waals surface area contributed by atoms with Crippen molar-refractivity contribution in [2.75, 3.05) is 19.8 Å². The van der Waals surface area contributed by atoms with E-state index in [0.29, 0.717) is 37.7 Å². The molecule has 1 saturated carbocycles. The van der Waals surface area contributed by atoms with Crippen LogP contribution in [0.25, 0.3) is 0 Å². The van der Waals surface area contributed by atoms with Crippen LogP contribution in [0.4, 0.5) is 26.3 Å². The van der Waals surface area contributed by atoms with Crippen LogP contribution in [-0.2, 0) is 17.1 Å². The Morgan fingerprint density at radius 3 is 2.08 bits per heavy atom. The summed E-state index contributed by atoms with van der Waals surface area (Å²) >= 11 is 0. The Bertz CT molecular complexity index is 575. The fourth-order valence-corrected chi connectivity index (χ4v) is 2.10. The third-order valence-electron chi connectivity index (χ3n) is 3.65. The number of ether oxygens (including phenoxy) is 1. The standard InChI is InChI=1S/C16H17F6NO2/c17-15(18,19)12-6-11(7-13(8-12)16(20,21)22)14(24)23-4-1-5-25-9-10-2-3-10/h6-8,10H,1-5,9H2,(H,23,24). The molecule has 0 spiro atoms. The molecule has 1 aromatic carbocycles. The summed E-state index contributed by atoms with van der Waals surface area (Å²) in [4.78, 5) is 11.9. The Balaban J connectivity index is 1.96. The van der Waals surface area contributed by atoms with E-state index >= 15 is 0 Å². The van der Waals surface area contributed by atoms with E-state index in [1.807, 2.05) is 0 Å². The second kappa shape index (κ2) is 7.63. The Labute approximate surface area is 140 Å². The zero-order valence-electron chi connectivity index (χ0n) is 13.1. The number of hydrogen-bond acceptors (Lipinski definition) is 2. The molecule has 1 N–H and O–H groups in total. The molecule has 1 aromatic rings. The fourth-order valence-electron chi connectivity index (χ4n) is 2.10. The molecule has 0 radical (unpaired) electrons. The molecule has 0 bridgehead atoms. The molecule has 0 saturated heterocycles. The first-order valence-corrected chi connectivity index (χ1v) is 7.73. The Kier molecular flexibility index (Phi) is 5.97. The van der Waals surface area contributed by atoms with Gasteiger partial charge in [0.1, 0.15) is 0 Å². The number of carbonyl (C=O) groups excluding carboxylic acids is 1. The van der Waals surface area contributed by atoms with Crippen LogP contribution < -0.4 is 5.32 Å². The lowest BCUT2D eigenvalue weighted by Crippen LogP contribution is -2.26. The van der Waals surface area contributed by atoms with Gasteiger partial charge in [0.15, 0.2) is 0 Å². The van der Waals surface area contributed by atoms with Gasteiger partial charge in [-0.1, -0.05) is 0 Å². The summed E-state index contributed by atoms with van der Waals surface area (Å²) in [6, 6.07) is 0.810. The predicted molar refractivity (Wildman–Crippen MR) is 76.9 cm³/mol. The van der Waals surface area contributed by atoms with Crippen LogP contribution in [0, 0.1) is 5.92 Å². The van der Waals surface area contributed by atoms with Crippen molar-refractivity contribution in [2.45, 2.75) is 31.6 Å². The maximum absolute atomic E-state index is 12.7. The molecule has 1 aliphatic rings. The highest BCUT2D eigenvalue weighted by Gasteiger charge is 2.37. The summed E-state index contributed by atoms with van der Waals surface area (Å²) < 4.78 is 81.8. The largest absolute Gasteiger partial charge is 0.416 e. The summed E-state index contributed by atoms with van der Waals surface area (Å²) in [5.41, 5.74) is -3.71. The molecule has 0 aliphatic heterocycles. The van der Waals surface area contributed by atoms with Gasteiger partial charge >= 0.3 is 12.4 Å². The van der Waals surface area contributed by atoms with Crippen LogP contribution >= 0.6 is 0 Å². The van der Waals surface area contributed by atoms with Gasteiger partial charge in [-0.25, -0.2) is 0 Å². The molecule has 140 valence electrons. The van der Waals surface area contributed by atoms with E-state index < -0.39 is 35.0 Å². The van der Waals surface area contributed by atoms with E-state index in [4.69, 9.17) is 4.74 Å². The number of rotatable bonds is 7. The molecule has 25 heavy (non-hydrogen) atoms. The highest BCUT2D eigenvalue weighted by molar-refractivity contribution is 5.94. The molecular weight excluding hydrogens is 352 g/mol. The second-order valence-electron chi connectivity index (χ2n) is 5.92. The zero-order valence-corrected chi connectivity index (χ0v) is 13.1. The summed E-state index contributed by atoms with van der Waals surface area (Å²) in [7, 11) is 0. The third-order valence-corrected chi connectivity index (χ3v) is 3.65. The second-order valence-corrected chi connectivity index (χ2v) is 5.92. The van der Waals surface area contributed by atoms with Crippen molar-refractivity contribution in [3.05, 3.63) is 34.9 Å². The first-order valence-electron chi connectivity index (χ1n) is 7.73. The van der Waals surface area contributed by atoms with Gasteiger partial charge in [-0.3, -0.25) is 4.79 Å². The van der Waals surface area contributed by atoms with Crippen molar-refractivity contribution in [1.29, 1.82) is 0 Å². The summed E-state index contributed by atoms with van der Waals surface area (Å²) in [5, 5.41) is 2.31. The van der Waals surface area contributed by atoms with Gasteiger partial charge in [0, 0.05) is 25.3 Å². The number of amides is 1. The zero-order chi connectivity index (χ0) is 18.7.